The van der Waals surface area contributed by atoms with Gasteiger partial charge in [0.2, 0.25) is 0 Å². The van der Waals surface area contributed by atoms with Crippen molar-refractivity contribution in [1.29, 1.82) is 0 Å². The summed E-state index contributed by atoms with van der Waals surface area (Å²) >= 11 is 3.61. The van der Waals surface area contributed by atoms with Crippen LogP contribution >= 0.6 is 15.9 Å². The summed E-state index contributed by atoms with van der Waals surface area (Å²) in [5.41, 5.74) is 2.86. The fourth-order valence-corrected chi connectivity index (χ4v) is 4.62. The predicted octanol–water partition coefficient (Wildman–Crippen LogP) is 4.60. The van der Waals surface area contributed by atoms with Crippen molar-refractivity contribution in [3.63, 3.8) is 0 Å². The number of nitrogens with zero attached hydrogens (tertiary/aromatic N) is 1. The van der Waals surface area contributed by atoms with E-state index in [2.05, 4.69) is 20.9 Å². The van der Waals surface area contributed by atoms with Crippen molar-refractivity contribution >= 4 is 33.4 Å². The second kappa shape index (κ2) is 9.11. The lowest BCUT2D eigenvalue weighted by Crippen LogP contribution is -2.37. The number of carbonyl (C=O) groups is 2. The normalized spacial score (nSPS) is 21.4. The number of ether oxygens (including phenoxy) is 3. The summed E-state index contributed by atoms with van der Waals surface area (Å²) in [6.45, 7) is 4.12. The number of rotatable bonds is 6. The van der Waals surface area contributed by atoms with Crippen molar-refractivity contribution in [2.75, 3.05) is 20.8 Å². The first-order chi connectivity index (χ1) is 13.9. The highest BCUT2D eigenvalue weighted by Crippen LogP contribution is 2.47. The molecule has 0 fully saturated rings. The van der Waals surface area contributed by atoms with Gasteiger partial charge in [0.25, 0.3) is 0 Å². The number of carbonyl (C=O) groups excluding carboxylic acids is 2. The highest BCUT2D eigenvalue weighted by molar-refractivity contribution is 9.10. The largest absolute Gasteiger partial charge is 0.493 e. The third kappa shape index (κ3) is 4.10. The molecule has 2 aliphatic rings. The summed E-state index contributed by atoms with van der Waals surface area (Å²) in [5, 5.41) is 0. The van der Waals surface area contributed by atoms with Crippen LogP contribution in [0.5, 0.6) is 11.5 Å². The maximum atomic E-state index is 13.0. The first kappa shape index (κ1) is 21.6. The van der Waals surface area contributed by atoms with Gasteiger partial charge in [-0.2, -0.15) is 0 Å². The Balaban J connectivity index is 2.19. The Kier molecular flexibility index (Phi) is 6.77. The van der Waals surface area contributed by atoms with E-state index in [1.807, 2.05) is 19.9 Å². The van der Waals surface area contributed by atoms with Gasteiger partial charge in [0.1, 0.15) is 5.92 Å². The van der Waals surface area contributed by atoms with Crippen LogP contribution in [0.1, 0.15) is 51.0 Å². The Bertz CT molecular complexity index is 889. The summed E-state index contributed by atoms with van der Waals surface area (Å²) in [5.74, 6) is -0.340. The molecule has 1 heterocycles. The van der Waals surface area contributed by atoms with Crippen LogP contribution in [-0.2, 0) is 14.3 Å². The van der Waals surface area contributed by atoms with Gasteiger partial charge in [-0.15, -0.1) is 0 Å². The van der Waals surface area contributed by atoms with E-state index in [1.165, 1.54) is 0 Å². The van der Waals surface area contributed by atoms with E-state index in [1.54, 1.807) is 20.3 Å². The van der Waals surface area contributed by atoms with Crippen LogP contribution in [0.2, 0.25) is 0 Å². The standard InChI is InChI=1S/C22H26BrNO5/c1-5-9-29-22(26)19-12(2)24-15-7-6-8-16(25)21(15)20(19)13-10-17(27-3)18(28-4)11-14(13)23/h10-11,19-20H,5-9H2,1-4H3/t19?,20-/m1/s1. The van der Waals surface area contributed by atoms with Crippen LogP contribution in [0, 0.1) is 5.92 Å². The van der Waals surface area contributed by atoms with Gasteiger partial charge in [-0.1, -0.05) is 22.9 Å². The summed E-state index contributed by atoms with van der Waals surface area (Å²) in [6.07, 6.45) is 2.70. The Morgan fingerprint density at radius 1 is 1.21 bits per heavy atom. The number of benzene rings is 1. The second-order valence-electron chi connectivity index (χ2n) is 7.24. The third-order valence-electron chi connectivity index (χ3n) is 5.37. The molecule has 0 saturated heterocycles. The zero-order valence-electron chi connectivity index (χ0n) is 17.2. The molecular weight excluding hydrogens is 438 g/mol. The first-order valence-electron chi connectivity index (χ1n) is 9.82. The molecule has 0 bridgehead atoms. The van der Waals surface area contributed by atoms with Gasteiger partial charge >= 0.3 is 5.97 Å². The minimum Gasteiger partial charge on any atom is -0.493 e. The monoisotopic (exact) mass is 463 g/mol. The maximum absolute atomic E-state index is 13.0. The molecule has 1 aliphatic heterocycles. The van der Waals surface area contributed by atoms with Crippen molar-refractivity contribution in [3.8, 4) is 11.5 Å². The maximum Gasteiger partial charge on any atom is 0.315 e. The van der Waals surface area contributed by atoms with Crippen LogP contribution in [0.4, 0.5) is 0 Å². The lowest BCUT2D eigenvalue weighted by Gasteiger charge is -2.35. The van der Waals surface area contributed by atoms with Gasteiger partial charge in [-0.05, 0) is 43.9 Å². The number of ketones is 1. The van der Waals surface area contributed by atoms with Gasteiger partial charge in [0.15, 0.2) is 17.3 Å². The van der Waals surface area contributed by atoms with Crippen molar-refractivity contribution in [3.05, 3.63) is 33.4 Å². The van der Waals surface area contributed by atoms with Crippen LogP contribution in [0.25, 0.3) is 0 Å². The topological polar surface area (TPSA) is 74.2 Å². The van der Waals surface area contributed by atoms with E-state index in [0.717, 1.165) is 35.0 Å². The van der Waals surface area contributed by atoms with Crippen LogP contribution in [-0.4, -0.2) is 38.3 Å². The molecule has 29 heavy (non-hydrogen) atoms. The van der Waals surface area contributed by atoms with E-state index < -0.39 is 11.8 Å². The number of methoxy groups -OCH3 is 2. The molecule has 156 valence electrons. The first-order valence-corrected chi connectivity index (χ1v) is 10.6. The lowest BCUT2D eigenvalue weighted by atomic mass is 9.71. The van der Waals surface area contributed by atoms with Gasteiger partial charge in [-0.3, -0.25) is 14.6 Å². The van der Waals surface area contributed by atoms with Gasteiger partial charge in [0, 0.05) is 33.8 Å². The Morgan fingerprint density at radius 3 is 2.55 bits per heavy atom. The summed E-state index contributed by atoms with van der Waals surface area (Å²) < 4.78 is 17.1. The van der Waals surface area contributed by atoms with Crippen LogP contribution < -0.4 is 9.47 Å². The average molecular weight is 464 g/mol. The number of allylic oxidation sites excluding steroid dienone is 2. The van der Waals surface area contributed by atoms with Gasteiger partial charge in [0.05, 0.1) is 20.8 Å². The van der Waals surface area contributed by atoms with E-state index in [0.29, 0.717) is 35.8 Å². The van der Waals surface area contributed by atoms with Crippen molar-refractivity contribution in [2.24, 2.45) is 10.9 Å². The van der Waals surface area contributed by atoms with Crippen molar-refractivity contribution < 1.29 is 23.8 Å². The van der Waals surface area contributed by atoms with E-state index >= 15 is 0 Å². The van der Waals surface area contributed by atoms with Gasteiger partial charge in [-0.25, -0.2) is 0 Å². The minimum atomic E-state index is -0.656. The lowest BCUT2D eigenvalue weighted by molar-refractivity contribution is -0.146. The quantitative estimate of drug-likeness (QED) is 0.576. The molecule has 1 aliphatic carbocycles. The molecular formula is C22H26BrNO5. The third-order valence-corrected chi connectivity index (χ3v) is 6.06. The molecule has 0 saturated carbocycles. The molecule has 6 nitrogen and oxygen atoms in total. The van der Waals surface area contributed by atoms with Crippen LogP contribution in [0.3, 0.4) is 0 Å². The molecule has 1 aromatic rings. The Morgan fingerprint density at radius 2 is 1.90 bits per heavy atom. The molecule has 1 aromatic carbocycles. The average Bonchev–Trinajstić information content (AvgIpc) is 2.71. The highest BCUT2D eigenvalue weighted by atomic mass is 79.9. The number of halogens is 1. The van der Waals surface area contributed by atoms with Crippen molar-refractivity contribution in [2.45, 2.75) is 45.4 Å². The van der Waals surface area contributed by atoms with Crippen molar-refractivity contribution in [1.82, 2.24) is 0 Å². The molecule has 2 atom stereocenters. The molecule has 7 heteroatoms. The summed E-state index contributed by atoms with van der Waals surface area (Å²) in [4.78, 5) is 30.6. The molecule has 1 unspecified atom stereocenters. The molecule has 0 radical (unpaired) electrons. The Hall–Kier alpha value is -2.15. The van der Waals surface area contributed by atoms with Crippen LogP contribution in [0.15, 0.2) is 32.9 Å². The number of esters is 1. The zero-order valence-corrected chi connectivity index (χ0v) is 18.8. The molecule has 0 spiro atoms. The number of aliphatic imine (C=N–C) groups is 1. The smallest absolute Gasteiger partial charge is 0.315 e. The van der Waals surface area contributed by atoms with Gasteiger partial charge < -0.3 is 14.2 Å². The van der Waals surface area contributed by atoms with E-state index in [-0.39, 0.29) is 11.8 Å². The zero-order chi connectivity index (χ0) is 21.1. The SMILES string of the molecule is CCCOC(=O)C1C(C)=NC2=C(C(=O)CCC2)[C@@H]1c1cc(OC)c(OC)cc1Br. The number of Topliss-reactive ketones (excluding diaryl/α,β-unsaturated/α-hetero) is 1. The summed E-state index contributed by atoms with van der Waals surface area (Å²) in [7, 11) is 3.13. The molecule has 0 N–H and O–H groups in total. The molecule has 0 amide bonds. The fourth-order valence-electron chi connectivity index (χ4n) is 4.05. The number of hydrogen-bond acceptors (Lipinski definition) is 6. The predicted molar refractivity (Wildman–Crippen MR) is 114 cm³/mol. The highest BCUT2D eigenvalue weighted by Gasteiger charge is 2.44. The number of hydrogen-bond donors (Lipinski definition) is 0. The fraction of sp³-hybridized carbons (Fsp3) is 0.500. The van der Waals surface area contributed by atoms with E-state index in [9.17, 15) is 9.59 Å². The minimum absolute atomic E-state index is 0.0440. The summed E-state index contributed by atoms with van der Waals surface area (Å²) in [6, 6.07) is 3.63. The second-order valence-corrected chi connectivity index (χ2v) is 8.10. The Labute approximate surface area is 179 Å². The van der Waals surface area contributed by atoms with E-state index in [4.69, 9.17) is 14.2 Å². The molecule has 0 aromatic heterocycles. The molecule has 3 rings (SSSR count).